The minimum atomic E-state index is -1.56. The number of aromatic nitrogens is 3. The molecule has 4 rings (SSSR count). The Morgan fingerprint density at radius 1 is 0.935 bits per heavy atom. The van der Waals surface area contributed by atoms with Gasteiger partial charge in [-0.25, -0.2) is 18.4 Å². The fraction of sp³-hybridized carbons (Fsp3) is 0.391. The van der Waals surface area contributed by atoms with Crippen molar-refractivity contribution in [3.63, 3.8) is 0 Å². The van der Waals surface area contributed by atoms with E-state index in [0.717, 1.165) is 45.2 Å². The van der Waals surface area contributed by atoms with Crippen LogP contribution in [0.4, 0.5) is 8.78 Å². The van der Waals surface area contributed by atoms with Crippen LogP contribution in [0.2, 0.25) is 0 Å². The molecular weight excluding hydrogens is 400 g/mol. The highest BCUT2D eigenvalue weighted by atomic mass is 19.1. The van der Waals surface area contributed by atoms with E-state index in [1.165, 1.54) is 35.0 Å². The Morgan fingerprint density at radius 2 is 1.68 bits per heavy atom. The molecule has 0 bridgehead atoms. The molecule has 0 spiro atoms. The molecule has 0 saturated carbocycles. The van der Waals surface area contributed by atoms with Crippen molar-refractivity contribution in [2.24, 2.45) is 0 Å². The Balaban J connectivity index is 1.40. The zero-order valence-electron chi connectivity index (χ0n) is 17.4. The van der Waals surface area contributed by atoms with Crippen LogP contribution in [0.5, 0.6) is 0 Å². The fourth-order valence-corrected chi connectivity index (χ4v) is 4.14. The number of benzene rings is 2. The third kappa shape index (κ3) is 5.52. The molecule has 6 nitrogen and oxygen atoms in total. The standard InChI is InChI=1S/C23H27F2N5O/c24-20-6-7-21(22(25)14-20)23(31,16-30-18-26-17-27-30)15-29-12-10-28(11-13-29)9-8-19-4-2-1-3-5-19/h1-7,14,17-18,31H,8-13,15-16H2. The SMILES string of the molecule is OC(CN1CCN(CCc2ccccc2)CC1)(Cn1cncn1)c1ccc(F)cc1F. The van der Waals surface area contributed by atoms with Crippen LogP contribution in [-0.2, 0) is 18.6 Å². The third-order valence-corrected chi connectivity index (χ3v) is 5.83. The van der Waals surface area contributed by atoms with Crippen LogP contribution < -0.4 is 0 Å². The van der Waals surface area contributed by atoms with Crippen molar-refractivity contribution in [1.82, 2.24) is 24.6 Å². The summed E-state index contributed by atoms with van der Waals surface area (Å²) in [5.41, 5.74) is -0.174. The maximum absolute atomic E-state index is 14.6. The highest BCUT2D eigenvalue weighted by molar-refractivity contribution is 5.26. The van der Waals surface area contributed by atoms with Gasteiger partial charge in [-0.3, -0.25) is 4.90 Å². The Morgan fingerprint density at radius 3 is 2.35 bits per heavy atom. The lowest BCUT2D eigenvalue weighted by Gasteiger charge is -2.39. The zero-order valence-corrected chi connectivity index (χ0v) is 17.4. The second-order valence-corrected chi connectivity index (χ2v) is 8.10. The van der Waals surface area contributed by atoms with Gasteiger partial charge in [-0.1, -0.05) is 36.4 Å². The summed E-state index contributed by atoms with van der Waals surface area (Å²) >= 11 is 0. The van der Waals surface area contributed by atoms with E-state index < -0.39 is 17.2 Å². The van der Waals surface area contributed by atoms with Crippen LogP contribution in [-0.4, -0.2) is 68.9 Å². The molecule has 1 fully saturated rings. The lowest BCUT2D eigenvalue weighted by Crippen LogP contribution is -2.52. The van der Waals surface area contributed by atoms with Crippen molar-refractivity contribution in [2.45, 2.75) is 18.6 Å². The predicted molar refractivity (Wildman–Crippen MR) is 113 cm³/mol. The first kappa shape index (κ1) is 21.5. The molecule has 8 heteroatoms. The maximum atomic E-state index is 14.6. The van der Waals surface area contributed by atoms with Crippen molar-refractivity contribution in [3.8, 4) is 0 Å². The van der Waals surface area contributed by atoms with E-state index in [4.69, 9.17) is 0 Å². The Bertz CT molecular complexity index is 961. The predicted octanol–water partition coefficient (Wildman–Crippen LogP) is 2.30. The summed E-state index contributed by atoms with van der Waals surface area (Å²) in [6.45, 7) is 4.50. The van der Waals surface area contributed by atoms with Crippen LogP contribution in [0.1, 0.15) is 11.1 Å². The summed E-state index contributed by atoms with van der Waals surface area (Å²) in [6, 6.07) is 13.7. The Kier molecular flexibility index (Phi) is 6.70. The average molecular weight is 427 g/mol. The second kappa shape index (κ2) is 9.64. The molecule has 1 aromatic heterocycles. The molecule has 0 radical (unpaired) electrons. The van der Waals surface area contributed by atoms with Gasteiger partial charge in [0.1, 0.15) is 29.9 Å². The summed E-state index contributed by atoms with van der Waals surface area (Å²) < 4.78 is 29.5. The van der Waals surface area contributed by atoms with Crippen LogP contribution >= 0.6 is 0 Å². The summed E-state index contributed by atoms with van der Waals surface area (Å²) in [4.78, 5) is 8.43. The van der Waals surface area contributed by atoms with E-state index >= 15 is 0 Å². The minimum Gasteiger partial charge on any atom is -0.382 e. The van der Waals surface area contributed by atoms with Crippen molar-refractivity contribution in [2.75, 3.05) is 39.3 Å². The monoisotopic (exact) mass is 427 g/mol. The second-order valence-electron chi connectivity index (χ2n) is 8.10. The Labute approximate surface area is 180 Å². The molecule has 3 aromatic rings. The molecular formula is C23H27F2N5O. The average Bonchev–Trinajstić information content (AvgIpc) is 3.26. The smallest absolute Gasteiger partial charge is 0.137 e. The van der Waals surface area contributed by atoms with Gasteiger partial charge in [0.2, 0.25) is 0 Å². The molecule has 2 heterocycles. The van der Waals surface area contributed by atoms with E-state index in [0.29, 0.717) is 0 Å². The molecule has 1 aliphatic heterocycles. The quantitative estimate of drug-likeness (QED) is 0.598. The van der Waals surface area contributed by atoms with Crippen LogP contribution in [0, 0.1) is 11.6 Å². The zero-order chi connectivity index (χ0) is 21.7. The van der Waals surface area contributed by atoms with Gasteiger partial charge in [-0.2, -0.15) is 5.10 Å². The van der Waals surface area contributed by atoms with Crippen molar-refractivity contribution in [3.05, 3.63) is 83.9 Å². The lowest BCUT2D eigenvalue weighted by molar-refractivity contribution is -0.0317. The maximum Gasteiger partial charge on any atom is 0.137 e. The van der Waals surface area contributed by atoms with Gasteiger partial charge in [0, 0.05) is 50.9 Å². The number of aliphatic hydroxyl groups is 1. The summed E-state index contributed by atoms with van der Waals surface area (Å²) in [7, 11) is 0. The van der Waals surface area contributed by atoms with Gasteiger partial charge < -0.3 is 10.0 Å². The molecule has 1 aliphatic rings. The molecule has 1 N–H and O–H groups in total. The van der Waals surface area contributed by atoms with Crippen molar-refractivity contribution >= 4 is 0 Å². The molecule has 1 unspecified atom stereocenters. The van der Waals surface area contributed by atoms with E-state index in [9.17, 15) is 13.9 Å². The van der Waals surface area contributed by atoms with E-state index in [1.54, 1.807) is 0 Å². The van der Waals surface area contributed by atoms with Crippen molar-refractivity contribution in [1.29, 1.82) is 0 Å². The number of hydrogen-bond acceptors (Lipinski definition) is 5. The summed E-state index contributed by atoms with van der Waals surface area (Å²) in [5.74, 6) is -1.43. The minimum absolute atomic E-state index is 0.0315. The molecule has 31 heavy (non-hydrogen) atoms. The normalized spacial score (nSPS) is 17.5. The van der Waals surface area contributed by atoms with Gasteiger partial charge in [0.15, 0.2) is 0 Å². The summed E-state index contributed by atoms with van der Waals surface area (Å²) in [6.07, 6.45) is 3.85. The van der Waals surface area contributed by atoms with Gasteiger partial charge in [-0.15, -0.1) is 0 Å². The van der Waals surface area contributed by atoms with Gasteiger partial charge >= 0.3 is 0 Å². The van der Waals surface area contributed by atoms with Crippen LogP contribution in [0.3, 0.4) is 0 Å². The van der Waals surface area contributed by atoms with Crippen molar-refractivity contribution < 1.29 is 13.9 Å². The highest BCUT2D eigenvalue weighted by Gasteiger charge is 2.36. The topological polar surface area (TPSA) is 57.4 Å². The van der Waals surface area contributed by atoms with Gasteiger partial charge in [0.05, 0.1) is 6.54 Å². The molecule has 0 aliphatic carbocycles. The first-order valence-corrected chi connectivity index (χ1v) is 10.5. The largest absolute Gasteiger partial charge is 0.382 e. The molecule has 1 atom stereocenters. The number of hydrogen-bond donors (Lipinski definition) is 1. The van der Waals surface area contributed by atoms with E-state index in [1.807, 2.05) is 6.07 Å². The lowest BCUT2D eigenvalue weighted by atomic mass is 9.92. The van der Waals surface area contributed by atoms with E-state index in [-0.39, 0.29) is 18.7 Å². The van der Waals surface area contributed by atoms with E-state index in [2.05, 4.69) is 44.1 Å². The van der Waals surface area contributed by atoms with Gasteiger partial charge in [-0.05, 0) is 18.1 Å². The Hall–Kier alpha value is -2.68. The summed E-state index contributed by atoms with van der Waals surface area (Å²) in [5, 5.41) is 15.5. The highest BCUT2D eigenvalue weighted by Crippen LogP contribution is 2.28. The molecule has 0 amide bonds. The molecule has 164 valence electrons. The van der Waals surface area contributed by atoms with Crippen LogP contribution in [0.15, 0.2) is 61.2 Å². The number of rotatable bonds is 8. The number of piperazine rings is 1. The number of β-amino-alcohol motifs (C(OH)–C–C–N with tert-alkyl or cyclic N) is 1. The molecule has 2 aromatic carbocycles. The third-order valence-electron chi connectivity index (χ3n) is 5.83. The first-order valence-electron chi connectivity index (χ1n) is 10.5. The van der Waals surface area contributed by atoms with Crippen LogP contribution in [0.25, 0.3) is 0 Å². The fourth-order valence-electron chi connectivity index (χ4n) is 4.14. The number of nitrogens with zero attached hydrogens (tertiary/aromatic N) is 5. The van der Waals surface area contributed by atoms with Gasteiger partial charge in [0.25, 0.3) is 0 Å². The number of halogens is 2. The molecule has 1 saturated heterocycles. The first-order chi connectivity index (χ1) is 15.0.